The molecule has 0 aliphatic heterocycles. The van der Waals surface area contributed by atoms with E-state index in [4.69, 9.17) is 0 Å². The minimum absolute atomic E-state index is 1.50. The summed E-state index contributed by atoms with van der Waals surface area (Å²) in [5, 5.41) is 0. The van der Waals surface area contributed by atoms with Gasteiger partial charge in [0.1, 0.15) is 0 Å². The van der Waals surface area contributed by atoms with Crippen molar-refractivity contribution in [3.63, 3.8) is 0 Å². The standard InChI is InChI=1S/C4H8.2CF3.Mg/c1-2-4-3-1;2*2-1(3)4;/h1-4H2;;;. The van der Waals surface area contributed by atoms with Gasteiger partial charge in [-0.05, 0) is 0 Å². The maximum absolute atomic E-state index is 10.9. The van der Waals surface area contributed by atoms with E-state index in [1.165, 1.54) is 25.7 Å². The summed E-state index contributed by atoms with van der Waals surface area (Å²) in [7, 11) is 0. The second-order valence-corrected chi connectivity index (χ2v) is 4.78. The third kappa shape index (κ3) is 12.3. The molecule has 7 heteroatoms. The minimum atomic E-state index is -5.00. The zero-order valence-corrected chi connectivity index (χ0v) is 8.22. The average molecular weight is 218 g/mol. The molecule has 0 heterocycles. The molecule has 0 atom stereocenters. The first-order valence-corrected chi connectivity index (χ1v) is 5.26. The highest BCUT2D eigenvalue weighted by molar-refractivity contribution is 6.40. The first-order valence-electron chi connectivity index (χ1n) is 3.84. The second-order valence-electron chi connectivity index (χ2n) is 2.82. The van der Waals surface area contributed by atoms with E-state index in [-0.39, 0.29) is 0 Å². The number of hydrogen-bond donors (Lipinski definition) is 0. The van der Waals surface area contributed by atoms with Crippen LogP contribution < -0.4 is 0 Å². The summed E-state index contributed by atoms with van der Waals surface area (Å²) in [5.41, 5.74) is 0. The minimum Gasteiger partial charge on any atom is -0.206 e. The molecule has 1 saturated carbocycles. The normalized spacial score (nSPS) is 16.5. The van der Waals surface area contributed by atoms with Crippen LogP contribution in [-0.2, 0) is 0 Å². The van der Waals surface area contributed by atoms with Gasteiger partial charge in [-0.2, -0.15) is 0 Å². The van der Waals surface area contributed by atoms with Gasteiger partial charge in [0, 0.05) is 0 Å². The molecule has 1 aliphatic carbocycles. The van der Waals surface area contributed by atoms with Gasteiger partial charge < -0.3 is 0 Å². The molecule has 0 aromatic heterocycles. The third-order valence-corrected chi connectivity index (χ3v) is 2.20. The van der Waals surface area contributed by atoms with Gasteiger partial charge in [0.15, 0.2) is 0 Å². The Balaban J connectivity index is 0.000000293. The van der Waals surface area contributed by atoms with E-state index in [1.807, 2.05) is 0 Å². The van der Waals surface area contributed by atoms with Crippen LogP contribution in [0.3, 0.4) is 0 Å². The second kappa shape index (κ2) is 5.28. The van der Waals surface area contributed by atoms with Crippen LogP contribution in [-0.4, -0.2) is 29.0 Å². The Hall–Kier alpha value is 0.346. The Labute approximate surface area is 81.4 Å². The van der Waals surface area contributed by atoms with E-state index >= 15 is 0 Å². The van der Waals surface area contributed by atoms with Crippen LogP contribution in [0.1, 0.15) is 25.7 Å². The average Bonchev–Trinajstić information content (AvgIpc) is 1.42. The Kier molecular flexibility index (Phi) is 5.42. The Bertz CT molecular complexity index is 117. The fraction of sp³-hybridized carbons (Fsp3) is 1.00. The van der Waals surface area contributed by atoms with Gasteiger partial charge in [-0.1, -0.05) is 25.7 Å². The molecule has 0 spiro atoms. The van der Waals surface area contributed by atoms with Crippen molar-refractivity contribution in [1.82, 2.24) is 0 Å². The summed E-state index contributed by atoms with van der Waals surface area (Å²) in [6, 6.07) is 0. The van der Waals surface area contributed by atoms with Crippen molar-refractivity contribution in [3.8, 4) is 0 Å². The molecule has 0 nitrogen and oxygen atoms in total. The third-order valence-electron chi connectivity index (χ3n) is 1.40. The van der Waals surface area contributed by atoms with E-state index < -0.39 is 29.0 Å². The van der Waals surface area contributed by atoms with Crippen LogP contribution in [0.4, 0.5) is 26.3 Å². The molecule has 1 aliphatic rings. The summed E-state index contributed by atoms with van der Waals surface area (Å²) in [6.45, 7) is 0. The lowest BCUT2D eigenvalue weighted by atomic mass is 10.0. The molecule has 0 unspecified atom stereocenters. The quantitative estimate of drug-likeness (QED) is 0.432. The smallest absolute Gasteiger partial charge is 0.206 e. The van der Waals surface area contributed by atoms with E-state index in [0.29, 0.717) is 0 Å². The monoisotopic (exact) mass is 218 g/mol. The molecule has 0 N–H and O–H groups in total. The van der Waals surface area contributed by atoms with Crippen molar-refractivity contribution in [1.29, 1.82) is 0 Å². The topological polar surface area (TPSA) is 0 Å². The van der Waals surface area contributed by atoms with Crippen molar-refractivity contribution in [2.45, 2.75) is 34.3 Å². The molecule has 0 amide bonds. The van der Waals surface area contributed by atoms with Crippen molar-refractivity contribution in [2.24, 2.45) is 0 Å². The summed E-state index contributed by atoms with van der Waals surface area (Å²) in [6.07, 6.45) is 6.00. The van der Waals surface area contributed by atoms with Crippen molar-refractivity contribution < 1.29 is 26.3 Å². The molecule has 1 fully saturated rings. The zero-order chi connectivity index (χ0) is 10.5. The number of rotatable bonds is 0. The maximum Gasteiger partial charge on any atom is 0.689 e. The summed E-state index contributed by atoms with van der Waals surface area (Å²) < 4.78 is 55.4. The van der Waals surface area contributed by atoms with Crippen LogP contribution in [0.25, 0.3) is 0 Å². The molecular weight excluding hydrogens is 210 g/mol. The molecule has 0 radical (unpaired) electrons. The fourth-order valence-corrected chi connectivity index (χ4v) is 0.932. The van der Waals surface area contributed by atoms with Crippen molar-refractivity contribution >= 4 is 20.4 Å². The van der Waals surface area contributed by atoms with Crippen LogP contribution >= 0.6 is 0 Å². The van der Waals surface area contributed by atoms with Gasteiger partial charge in [-0.25, -0.2) is 26.3 Å². The molecule has 0 saturated heterocycles. The van der Waals surface area contributed by atoms with Gasteiger partial charge >= 0.3 is 20.4 Å². The van der Waals surface area contributed by atoms with Gasteiger partial charge in [-0.15, -0.1) is 0 Å². The van der Waals surface area contributed by atoms with Gasteiger partial charge in [0.25, 0.3) is 8.61 Å². The highest BCUT2D eigenvalue weighted by Crippen LogP contribution is 2.23. The molecule has 13 heavy (non-hydrogen) atoms. The lowest BCUT2D eigenvalue weighted by molar-refractivity contribution is -0.0955. The van der Waals surface area contributed by atoms with Gasteiger partial charge in [0.05, 0.1) is 0 Å². The van der Waals surface area contributed by atoms with Crippen LogP contribution in [0.15, 0.2) is 0 Å². The molecule has 76 valence electrons. The van der Waals surface area contributed by atoms with E-state index in [9.17, 15) is 26.3 Å². The predicted molar refractivity (Wildman–Crippen MR) is 36.3 cm³/mol. The fourth-order valence-electron chi connectivity index (χ4n) is 0.477. The van der Waals surface area contributed by atoms with Crippen molar-refractivity contribution in [3.05, 3.63) is 0 Å². The van der Waals surface area contributed by atoms with Crippen molar-refractivity contribution in [2.75, 3.05) is 0 Å². The highest BCUT2D eigenvalue weighted by atomic mass is 24.5. The number of halogens is 6. The summed E-state index contributed by atoms with van der Waals surface area (Å²) >= 11 is -3.91. The summed E-state index contributed by atoms with van der Waals surface area (Å²) in [5.74, 6) is 0. The molecule has 0 aromatic rings. The van der Waals surface area contributed by atoms with Crippen LogP contribution in [0.5, 0.6) is 0 Å². The highest BCUT2D eigenvalue weighted by Gasteiger charge is 2.50. The number of hydrogen-bond acceptors (Lipinski definition) is 0. The van der Waals surface area contributed by atoms with E-state index in [2.05, 4.69) is 0 Å². The van der Waals surface area contributed by atoms with E-state index in [0.717, 1.165) is 0 Å². The number of alkyl halides is 6. The first kappa shape index (κ1) is 13.3. The van der Waals surface area contributed by atoms with Gasteiger partial charge in [-0.3, -0.25) is 0 Å². The summed E-state index contributed by atoms with van der Waals surface area (Å²) in [4.78, 5) is 0. The van der Waals surface area contributed by atoms with Gasteiger partial charge in [0.2, 0.25) is 0 Å². The lowest BCUT2D eigenvalue weighted by Crippen LogP contribution is -2.32. The largest absolute Gasteiger partial charge is 0.689 e. The zero-order valence-electron chi connectivity index (χ0n) is 6.80. The van der Waals surface area contributed by atoms with E-state index in [1.54, 1.807) is 0 Å². The Morgan fingerprint density at radius 1 is 0.615 bits per heavy atom. The Morgan fingerprint density at radius 3 is 0.846 bits per heavy atom. The first-order chi connectivity index (χ1) is 5.71. The lowest BCUT2D eigenvalue weighted by Gasteiger charge is -2.06. The molecule has 0 aromatic carbocycles. The predicted octanol–water partition coefficient (Wildman–Crippen LogP) is 3.29. The van der Waals surface area contributed by atoms with Crippen LogP contribution in [0.2, 0.25) is 0 Å². The maximum atomic E-state index is 10.9. The molecular formula is C6H8F6Mg. The van der Waals surface area contributed by atoms with Crippen LogP contribution in [0, 0.1) is 0 Å². The molecule has 1 rings (SSSR count). The SMILES string of the molecule is C1CCC1.F[C](F)(F)[Mg][C](F)(F)F. The molecule has 0 bridgehead atoms. The Morgan fingerprint density at radius 2 is 0.846 bits per heavy atom.